The summed E-state index contributed by atoms with van der Waals surface area (Å²) in [4.78, 5) is 2.19. The van der Waals surface area contributed by atoms with E-state index in [0.29, 0.717) is 6.61 Å². The minimum absolute atomic E-state index is 0.162. The molecule has 0 aromatic heterocycles. The van der Waals surface area contributed by atoms with Crippen molar-refractivity contribution in [3.8, 4) is 5.75 Å². The average molecular weight is 252 g/mol. The van der Waals surface area contributed by atoms with Gasteiger partial charge < -0.3 is 20.5 Å². The zero-order valence-corrected chi connectivity index (χ0v) is 11.7. The van der Waals surface area contributed by atoms with Gasteiger partial charge in [0.15, 0.2) is 0 Å². The molecule has 0 aliphatic heterocycles. The van der Waals surface area contributed by atoms with Gasteiger partial charge in [-0.3, -0.25) is 0 Å². The van der Waals surface area contributed by atoms with Gasteiger partial charge in [-0.2, -0.15) is 0 Å². The molecule has 2 atom stereocenters. The molecular formula is C14H24N2O2. The van der Waals surface area contributed by atoms with E-state index >= 15 is 0 Å². The van der Waals surface area contributed by atoms with E-state index in [0.717, 1.165) is 17.8 Å². The van der Waals surface area contributed by atoms with E-state index in [-0.39, 0.29) is 17.8 Å². The van der Waals surface area contributed by atoms with Gasteiger partial charge in [0.05, 0.1) is 6.61 Å². The molecule has 0 bridgehead atoms. The molecule has 3 N–H and O–H groups in total. The summed E-state index contributed by atoms with van der Waals surface area (Å²) < 4.78 is 5.18. The second kappa shape index (κ2) is 6.61. The fourth-order valence-electron chi connectivity index (χ4n) is 2.18. The molecule has 1 aromatic carbocycles. The molecule has 0 aliphatic rings. The second-order valence-corrected chi connectivity index (χ2v) is 4.62. The molecule has 1 rings (SSSR count). The summed E-state index contributed by atoms with van der Waals surface area (Å²) in [7, 11) is 1.70. The summed E-state index contributed by atoms with van der Waals surface area (Å²) in [6.45, 7) is 7.57. The SMILES string of the molecule is CCN(c1ccc(C(C)N)c(O)c1)C(C)COC. The predicted molar refractivity (Wildman–Crippen MR) is 75.1 cm³/mol. The number of methoxy groups -OCH3 is 1. The van der Waals surface area contributed by atoms with E-state index in [1.807, 2.05) is 19.1 Å². The number of phenols is 1. The smallest absolute Gasteiger partial charge is 0.122 e. The molecule has 18 heavy (non-hydrogen) atoms. The molecule has 4 nitrogen and oxygen atoms in total. The number of hydrogen-bond acceptors (Lipinski definition) is 4. The Hall–Kier alpha value is -1.26. The third-order valence-corrected chi connectivity index (χ3v) is 3.12. The molecule has 0 fully saturated rings. The minimum atomic E-state index is -0.162. The summed E-state index contributed by atoms with van der Waals surface area (Å²) in [6, 6.07) is 5.76. The highest BCUT2D eigenvalue weighted by molar-refractivity contribution is 5.54. The molecular weight excluding hydrogens is 228 g/mol. The normalized spacial score (nSPS) is 14.3. The molecule has 2 unspecified atom stereocenters. The quantitative estimate of drug-likeness (QED) is 0.815. The lowest BCUT2D eigenvalue weighted by Gasteiger charge is -2.30. The molecule has 0 amide bonds. The Bertz CT molecular complexity index is 380. The molecule has 0 saturated carbocycles. The standard InChI is InChI=1S/C14H24N2O2/c1-5-16(10(2)9-18-4)12-6-7-13(11(3)15)14(17)8-12/h6-8,10-11,17H,5,9,15H2,1-4H3. The van der Waals surface area contributed by atoms with Crippen LogP contribution in [-0.4, -0.2) is 31.4 Å². The van der Waals surface area contributed by atoms with Crippen LogP contribution in [-0.2, 0) is 4.74 Å². The Kier molecular flexibility index (Phi) is 5.44. The largest absolute Gasteiger partial charge is 0.508 e. The highest BCUT2D eigenvalue weighted by Crippen LogP contribution is 2.28. The van der Waals surface area contributed by atoms with E-state index in [9.17, 15) is 5.11 Å². The number of phenolic OH excluding ortho intramolecular Hbond substituents is 1. The van der Waals surface area contributed by atoms with E-state index in [4.69, 9.17) is 10.5 Å². The maximum Gasteiger partial charge on any atom is 0.122 e. The van der Waals surface area contributed by atoms with Crippen molar-refractivity contribution in [3.05, 3.63) is 23.8 Å². The number of ether oxygens (including phenoxy) is 1. The summed E-state index contributed by atoms with van der Waals surface area (Å²) in [6.07, 6.45) is 0. The number of aromatic hydroxyl groups is 1. The van der Waals surface area contributed by atoms with Crippen LogP contribution in [0.2, 0.25) is 0 Å². The Morgan fingerprint density at radius 1 is 1.39 bits per heavy atom. The van der Waals surface area contributed by atoms with Gasteiger partial charge in [-0.1, -0.05) is 6.07 Å². The molecule has 0 saturated heterocycles. The number of likely N-dealkylation sites (N-methyl/N-ethyl adjacent to an activating group) is 1. The number of benzene rings is 1. The van der Waals surface area contributed by atoms with Gasteiger partial charge in [-0.25, -0.2) is 0 Å². The number of nitrogens with two attached hydrogens (primary N) is 1. The van der Waals surface area contributed by atoms with Crippen molar-refractivity contribution in [2.45, 2.75) is 32.9 Å². The van der Waals surface area contributed by atoms with Crippen LogP contribution in [0, 0.1) is 0 Å². The first-order valence-electron chi connectivity index (χ1n) is 6.35. The highest BCUT2D eigenvalue weighted by atomic mass is 16.5. The van der Waals surface area contributed by atoms with Gasteiger partial charge in [-0.05, 0) is 26.8 Å². The molecule has 102 valence electrons. The first-order valence-corrected chi connectivity index (χ1v) is 6.35. The van der Waals surface area contributed by atoms with Crippen LogP contribution in [0.25, 0.3) is 0 Å². The number of hydrogen-bond donors (Lipinski definition) is 2. The first kappa shape index (κ1) is 14.8. The van der Waals surface area contributed by atoms with Crippen LogP contribution in [0.5, 0.6) is 5.75 Å². The van der Waals surface area contributed by atoms with Gasteiger partial charge in [0, 0.05) is 43.1 Å². The lowest BCUT2D eigenvalue weighted by atomic mass is 10.1. The number of anilines is 1. The summed E-state index contributed by atoms with van der Waals surface area (Å²) >= 11 is 0. The Balaban J connectivity index is 2.97. The fraction of sp³-hybridized carbons (Fsp3) is 0.571. The maximum absolute atomic E-state index is 9.98. The van der Waals surface area contributed by atoms with Crippen molar-refractivity contribution in [2.24, 2.45) is 5.73 Å². The molecule has 0 radical (unpaired) electrons. The maximum atomic E-state index is 9.98. The molecule has 0 aliphatic carbocycles. The van der Waals surface area contributed by atoms with Gasteiger partial charge in [0.2, 0.25) is 0 Å². The Morgan fingerprint density at radius 2 is 2.06 bits per heavy atom. The molecule has 0 spiro atoms. The van der Waals surface area contributed by atoms with E-state index in [1.54, 1.807) is 13.2 Å². The van der Waals surface area contributed by atoms with Crippen LogP contribution in [0.4, 0.5) is 5.69 Å². The Morgan fingerprint density at radius 3 is 2.50 bits per heavy atom. The third-order valence-electron chi connectivity index (χ3n) is 3.12. The lowest BCUT2D eigenvalue weighted by molar-refractivity contribution is 0.182. The van der Waals surface area contributed by atoms with Gasteiger partial charge in [0.1, 0.15) is 5.75 Å². The van der Waals surface area contributed by atoms with Crippen LogP contribution in [0.3, 0.4) is 0 Å². The topological polar surface area (TPSA) is 58.7 Å². The van der Waals surface area contributed by atoms with Crippen molar-refractivity contribution in [1.82, 2.24) is 0 Å². The van der Waals surface area contributed by atoms with E-state index < -0.39 is 0 Å². The van der Waals surface area contributed by atoms with E-state index in [1.165, 1.54) is 0 Å². The van der Waals surface area contributed by atoms with Crippen molar-refractivity contribution >= 4 is 5.69 Å². The summed E-state index contributed by atoms with van der Waals surface area (Å²) in [5, 5.41) is 9.98. The lowest BCUT2D eigenvalue weighted by Crippen LogP contribution is -2.36. The molecule has 0 heterocycles. The van der Waals surface area contributed by atoms with Crippen molar-refractivity contribution < 1.29 is 9.84 Å². The zero-order chi connectivity index (χ0) is 13.7. The van der Waals surface area contributed by atoms with Crippen molar-refractivity contribution in [3.63, 3.8) is 0 Å². The van der Waals surface area contributed by atoms with Gasteiger partial charge in [-0.15, -0.1) is 0 Å². The van der Waals surface area contributed by atoms with Gasteiger partial charge >= 0.3 is 0 Å². The molecule has 1 aromatic rings. The van der Waals surface area contributed by atoms with Crippen LogP contribution in [0.15, 0.2) is 18.2 Å². The second-order valence-electron chi connectivity index (χ2n) is 4.62. The predicted octanol–water partition coefficient (Wildman–Crippen LogP) is 2.27. The van der Waals surface area contributed by atoms with Crippen molar-refractivity contribution in [1.29, 1.82) is 0 Å². The third kappa shape index (κ3) is 3.37. The van der Waals surface area contributed by atoms with Gasteiger partial charge in [0.25, 0.3) is 0 Å². The Labute approximate surface area is 109 Å². The first-order chi connectivity index (χ1) is 8.51. The van der Waals surface area contributed by atoms with Crippen LogP contribution >= 0.6 is 0 Å². The summed E-state index contributed by atoms with van der Waals surface area (Å²) in [5.41, 5.74) is 7.55. The monoisotopic (exact) mass is 252 g/mol. The molecule has 4 heteroatoms. The van der Waals surface area contributed by atoms with Crippen molar-refractivity contribution in [2.75, 3.05) is 25.2 Å². The minimum Gasteiger partial charge on any atom is -0.508 e. The van der Waals surface area contributed by atoms with E-state index in [2.05, 4.69) is 18.7 Å². The van der Waals surface area contributed by atoms with Crippen LogP contribution in [0.1, 0.15) is 32.4 Å². The fourth-order valence-corrected chi connectivity index (χ4v) is 2.18. The number of nitrogens with zero attached hydrogens (tertiary/aromatic N) is 1. The number of rotatable bonds is 6. The zero-order valence-electron chi connectivity index (χ0n) is 11.7. The highest BCUT2D eigenvalue weighted by Gasteiger charge is 2.15. The average Bonchev–Trinajstić information content (AvgIpc) is 2.29. The summed E-state index contributed by atoms with van der Waals surface area (Å²) in [5.74, 6) is 0.255. The van der Waals surface area contributed by atoms with Crippen LogP contribution < -0.4 is 10.6 Å².